The maximum absolute atomic E-state index is 13.2. The van der Waals surface area contributed by atoms with E-state index in [1.54, 1.807) is 18.1 Å². The lowest BCUT2D eigenvalue weighted by Crippen LogP contribution is -2.32. The van der Waals surface area contributed by atoms with Gasteiger partial charge in [0.05, 0.1) is 23.8 Å². The Balaban J connectivity index is 1.87. The highest BCUT2D eigenvalue weighted by atomic mass is 16.6. The lowest BCUT2D eigenvalue weighted by Gasteiger charge is -2.27. The van der Waals surface area contributed by atoms with Crippen LogP contribution in [0.4, 0.5) is 5.69 Å². The van der Waals surface area contributed by atoms with Gasteiger partial charge in [-0.15, -0.1) is 0 Å². The van der Waals surface area contributed by atoms with E-state index in [0.29, 0.717) is 23.5 Å². The molecule has 1 amide bonds. The summed E-state index contributed by atoms with van der Waals surface area (Å²) in [6, 6.07) is 13.4. The van der Waals surface area contributed by atoms with Gasteiger partial charge in [-0.2, -0.15) is 5.10 Å². The molecule has 1 aromatic heterocycles. The van der Waals surface area contributed by atoms with Crippen LogP contribution in [0.5, 0.6) is 5.75 Å². The van der Waals surface area contributed by atoms with Crippen LogP contribution in [0.3, 0.4) is 0 Å². The third-order valence-corrected chi connectivity index (χ3v) is 5.19. The Morgan fingerprint density at radius 1 is 1.23 bits per heavy atom. The van der Waals surface area contributed by atoms with Gasteiger partial charge in [-0.05, 0) is 35.7 Å². The normalized spacial score (nSPS) is 15.5. The number of carbonyl (C=O) groups excluding carboxylic acids is 1. The van der Waals surface area contributed by atoms with Crippen LogP contribution in [-0.2, 0) is 0 Å². The van der Waals surface area contributed by atoms with Crippen LogP contribution in [0.1, 0.15) is 41.5 Å². The number of hydrogen-bond acceptors (Lipinski definition) is 5. The zero-order valence-electron chi connectivity index (χ0n) is 17.0. The van der Waals surface area contributed by atoms with Gasteiger partial charge in [0.2, 0.25) is 0 Å². The minimum absolute atomic E-state index is 0.00705. The number of methoxy groups -OCH3 is 1. The van der Waals surface area contributed by atoms with Crippen LogP contribution >= 0.6 is 0 Å². The minimum Gasteiger partial charge on any atom is -0.497 e. The molecule has 0 spiro atoms. The van der Waals surface area contributed by atoms with Crippen molar-refractivity contribution in [3.05, 3.63) is 75.5 Å². The van der Waals surface area contributed by atoms with Gasteiger partial charge >= 0.3 is 0 Å². The number of fused-ring (bicyclic) bond motifs is 1. The third-order valence-electron chi connectivity index (χ3n) is 5.19. The molecule has 1 unspecified atom stereocenters. The molecule has 1 aliphatic heterocycles. The van der Waals surface area contributed by atoms with Crippen molar-refractivity contribution >= 4 is 11.6 Å². The molecule has 1 atom stereocenters. The number of rotatable bonds is 6. The van der Waals surface area contributed by atoms with Crippen LogP contribution in [0, 0.1) is 16.0 Å². The van der Waals surface area contributed by atoms with Crippen molar-refractivity contribution in [2.45, 2.75) is 19.9 Å². The lowest BCUT2D eigenvalue weighted by atomic mass is 9.95. The molecule has 1 aliphatic rings. The number of nitro groups is 1. The van der Waals surface area contributed by atoms with Gasteiger partial charge in [0.25, 0.3) is 11.6 Å². The highest BCUT2D eigenvalue weighted by Crippen LogP contribution is 2.43. The second kappa shape index (κ2) is 7.62. The predicted molar refractivity (Wildman–Crippen MR) is 111 cm³/mol. The zero-order valence-corrected chi connectivity index (χ0v) is 17.0. The van der Waals surface area contributed by atoms with E-state index in [1.807, 2.05) is 44.2 Å². The van der Waals surface area contributed by atoms with E-state index >= 15 is 0 Å². The van der Waals surface area contributed by atoms with Gasteiger partial charge in [-0.1, -0.05) is 26.0 Å². The molecular weight excluding hydrogens is 384 g/mol. The van der Waals surface area contributed by atoms with E-state index in [-0.39, 0.29) is 17.5 Å². The van der Waals surface area contributed by atoms with Crippen LogP contribution in [0.2, 0.25) is 0 Å². The maximum Gasteiger partial charge on any atom is 0.273 e. The summed E-state index contributed by atoms with van der Waals surface area (Å²) in [5, 5.41) is 18.6. The third kappa shape index (κ3) is 3.30. The number of H-pyrrole nitrogens is 1. The SMILES string of the molecule is COc1ccc(-c2n[nH]c3c2C(c2cccc([N+](=O)[O-])c2)N(CC(C)C)C3=O)cc1. The number of benzene rings is 2. The highest BCUT2D eigenvalue weighted by Gasteiger charge is 2.42. The molecule has 154 valence electrons. The number of amides is 1. The molecule has 0 radical (unpaired) electrons. The van der Waals surface area contributed by atoms with E-state index < -0.39 is 11.0 Å². The van der Waals surface area contributed by atoms with E-state index in [2.05, 4.69) is 10.2 Å². The first-order valence-corrected chi connectivity index (χ1v) is 9.68. The van der Waals surface area contributed by atoms with Crippen LogP contribution in [-0.4, -0.2) is 39.6 Å². The summed E-state index contributed by atoms with van der Waals surface area (Å²) in [7, 11) is 1.60. The number of ether oxygens (including phenoxy) is 1. The second-order valence-corrected chi connectivity index (χ2v) is 7.70. The van der Waals surface area contributed by atoms with E-state index in [9.17, 15) is 14.9 Å². The second-order valence-electron chi connectivity index (χ2n) is 7.70. The Bertz CT molecular complexity index is 1100. The summed E-state index contributed by atoms with van der Waals surface area (Å²) in [6.45, 7) is 4.59. The van der Waals surface area contributed by atoms with Crippen LogP contribution in [0.15, 0.2) is 48.5 Å². The first kappa shape index (κ1) is 19.6. The molecule has 2 aromatic carbocycles. The molecule has 30 heavy (non-hydrogen) atoms. The van der Waals surface area contributed by atoms with Crippen molar-refractivity contribution < 1.29 is 14.5 Å². The topological polar surface area (TPSA) is 101 Å². The molecular formula is C22H22N4O4. The Labute approximate surface area is 173 Å². The van der Waals surface area contributed by atoms with Crippen molar-refractivity contribution in [2.75, 3.05) is 13.7 Å². The van der Waals surface area contributed by atoms with Gasteiger partial charge in [0.1, 0.15) is 11.4 Å². The first-order valence-electron chi connectivity index (χ1n) is 9.68. The summed E-state index contributed by atoms with van der Waals surface area (Å²) in [5.41, 5.74) is 3.34. The van der Waals surface area contributed by atoms with Crippen molar-refractivity contribution in [3.63, 3.8) is 0 Å². The van der Waals surface area contributed by atoms with Gasteiger partial charge in [-0.25, -0.2) is 0 Å². The van der Waals surface area contributed by atoms with Crippen molar-refractivity contribution in [2.24, 2.45) is 5.92 Å². The molecule has 2 heterocycles. The van der Waals surface area contributed by atoms with Crippen LogP contribution < -0.4 is 4.74 Å². The summed E-state index contributed by atoms with van der Waals surface area (Å²) in [5.74, 6) is 0.803. The standard InChI is InChI=1S/C22H22N4O4/c1-13(2)12-25-21(15-5-4-6-16(11-15)26(28)29)18-19(23-24-20(18)22(25)27)14-7-9-17(30-3)10-8-14/h4-11,13,21H,12H2,1-3H3,(H,23,24). The van der Waals surface area contributed by atoms with Crippen molar-refractivity contribution in [3.8, 4) is 17.0 Å². The average Bonchev–Trinajstić information content (AvgIpc) is 3.27. The summed E-state index contributed by atoms with van der Waals surface area (Å²) < 4.78 is 5.23. The maximum atomic E-state index is 13.2. The number of aromatic nitrogens is 2. The molecule has 8 heteroatoms. The quantitative estimate of drug-likeness (QED) is 0.488. The average molecular weight is 406 g/mol. The van der Waals surface area contributed by atoms with E-state index in [4.69, 9.17) is 4.74 Å². The molecule has 0 fully saturated rings. The Morgan fingerprint density at radius 3 is 2.60 bits per heavy atom. The highest BCUT2D eigenvalue weighted by molar-refractivity contribution is 6.00. The summed E-state index contributed by atoms with van der Waals surface area (Å²) >= 11 is 0. The summed E-state index contributed by atoms with van der Waals surface area (Å²) in [4.78, 5) is 25.9. The number of nitrogens with zero attached hydrogens (tertiary/aromatic N) is 3. The number of nitrogens with one attached hydrogen (secondary N) is 1. The Hall–Kier alpha value is -3.68. The zero-order chi connectivity index (χ0) is 21.4. The van der Waals surface area contributed by atoms with Crippen molar-refractivity contribution in [1.82, 2.24) is 15.1 Å². The van der Waals surface area contributed by atoms with Gasteiger partial charge in [-0.3, -0.25) is 20.0 Å². The van der Waals surface area contributed by atoms with Crippen molar-refractivity contribution in [1.29, 1.82) is 0 Å². The summed E-state index contributed by atoms with van der Waals surface area (Å²) in [6.07, 6.45) is 0. The van der Waals surface area contributed by atoms with E-state index in [0.717, 1.165) is 16.9 Å². The molecule has 0 saturated carbocycles. The molecule has 0 bridgehead atoms. The Kier molecular flexibility index (Phi) is 4.99. The fraction of sp³-hybridized carbons (Fsp3) is 0.273. The number of nitro benzene ring substituents is 1. The minimum atomic E-state index is -0.453. The van der Waals surface area contributed by atoms with E-state index in [1.165, 1.54) is 12.1 Å². The van der Waals surface area contributed by atoms with Gasteiger partial charge < -0.3 is 9.64 Å². The fourth-order valence-corrected chi connectivity index (χ4v) is 3.90. The first-order chi connectivity index (χ1) is 14.4. The fourth-order valence-electron chi connectivity index (χ4n) is 3.90. The number of non-ortho nitro benzene ring substituents is 1. The number of hydrogen-bond donors (Lipinski definition) is 1. The molecule has 4 rings (SSSR count). The molecule has 0 aliphatic carbocycles. The largest absolute Gasteiger partial charge is 0.497 e. The molecule has 0 saturated heterocycles. The molecule has 1 N–H and O–H groups in total. The lowest BCUT2D eigenvalue weighted by molar-refractivity contribution is -0.384. The molecule has 8 nitrogen and oxygen atoms in total. The predicted octanol–water partition coefficient (Wildman–Crippen LogP) is 4.19. The van der Waals surface area contributed by atoms with Gasteiger partial charge in [0.15, 0.2) is 0 Å². The van der Waals surface area contributed by atoms with Gasteiger partial charge in [0, 0.05) is 29.8 Å². The Morgan fingerprint density at radius 2 is 1.97 bits per heavy atom. The molecule has 3 aromatic rings. The monoisotopic (exact) mass is 406 g/mol. The van der Waals surface area contributed by atoms with Crippen LogP contribution in [0.25, 0.3) is 11.3 Å². The smallest absolute Gasteiger partial charge is 0.273 e. The number of aromatic amines is 1. The number of carbonyl (C=O) groups is 1.